The summed E-state index contributed by atoms with van der Waals surface area (Å²) in [7, 11) is 0. The molecule has 0 aliphatic carbocycles. The van der Waals surface area contributed by atoms with Crippen molar-refractivity contribution in [3.05, 3.63) is 46.5 Å². The number of allylic oxidation sites excluding steroid dienone is 1. The lowest BCUT2D eigenvalue weighted by atomic mass is 10.1. The third kappa shape index (κ3) is 3.88. The van der Waals surface area contributed by atoms with Crippen LogP contribution in [0.2, 0.25) is 5.02 Å². The molecule has 17 heavy (non-hydrogen) atoms. The number of benzene rings is 1. The Balaban J connectivity index is 2.59. The molecule has 0 saturated heterocycles. The number of aliphatic hydroxyl groups excluding tert-OH is 1. The van der Waals surface area contributed by atoms with Crippen molar-refractivity contribution in [1.82, 2.24) is 5.32 Å². The monoisotopic (exact) mass is 253 g/mol. The number of nitrogens with one attached hydrogen (secondary N) is 1. The van der Waals surface area contributed by atoms with Crippen molar-refractivity contribution in [2.75, 3.05) is 6.54 Å². The summed E-state index contributed by atoms with van der Waals surface area (Å²) in [5.74, 6) is -0.182. The number of aliphatic hydroxyl groups is 1. The van der Waals surface area contributed by atoms with E-state index in [1.165, 1.54) is 0 Å². The molecule has 2 N–H and O–H groups in total. The van der Waals surface area contributed by atoms with Crippen molar-refractivity contribution in [1.29, 1.82) is 0 Å². The highest BCUT2D eigenvalue weighted by molar-refractivity contribution is 6.31. The second-order valence-corrected chi connectivity index (χ2v) is 4.13. The van der Waals surface area contributed by atoms with Crippen LogP contribution in [0.1, 0.15) is 25.5 Å². The Morgan fingerprint density at radius 1 is 1.53 bits per heavy atom. The number of carbonyl (C=O) groups is 1. The Bertz CT molecular complexity index is 429. The third-order valence-corrected chi connectivity index (χ3v) is 2.86. The van der Waals surface area contributed by atoms with Crippen LogP contribution in [-0.4, -0.2) is 17.6 Å². The predicted molar refractivity (Wildman–Crippen MR) is 68.9 cm³/mol. The lowest BCUT2D eigenvalue weighted by Crippen LogP contribution is -2.28. The van der Waals surface area contributed by atoms with Crippen LogP contribution in [0.25, 0.3) is 0 Å². The molecular formula is C13H16ClNO2. The quantitative estimate of drug-likeness (QED) is 0.810. The van der Waals surface area contributed by atoms with Crippen molar-refractivity contribution >= 4 is 17.5 Å². The van der Waals surface area contributed by atoms with Crippen LogP contribution in [0.15, 0.2) is 35.9 Å². The first-order chi connectivity index (χ1) is 8.06. The van der Waals surface area contributed by atoms with Gasteiger partial charge in [-0.2, -0.15) is 0 Å². The Morgan fingerprint density at radius 3 is 2.76 bits per heavy atom. The van der Waals surface area contributed by atoms with Crippen molar-refractivity contribution in [2.45, 2.75) is 20.0 Å². The van der Waals surface area contributed by atoms with Crippen LogP contribution in [0.4, 0.5) is 0 Å². The molecule has 0 spiro atoms. The number of hydrogen-bond donors (Lipinski definition) is 2. The molecule has 0 fully saturated rings. The zero-order chi connectivity index (χ0) is 12.8. The normalized spacial score (nSPS) is 13.3. The van der Waals surface area contributed by atoms with Gasteiger partial charge in [0.2, 0.25) is 5.91 Å². The summed E-state index contributed by atoms with van der Waals surface area (Å²) in [5.41, 5.74) is 1.24. The molecule has 0 aliphatic rings. The largest absolute Gasteiger partial charge is 0.387 e. The van der Waals surface area contributed by atoms with Crippen molar-refractivity contribution in [3.63, 3.8) is 0 Å². The number of carbonyl (C=O) groups excluding carboxylic acids is 1. The predicted octanol–water partition coefficient (Wildman–Crippen LogP) is 2.46. The van der Waals surface area contributed by atoms with Gasteiger partial charge in [-0.25, -0.2) is 0 Å². The minimum atomic E-state index is -0.794. The van der Waals surface area contributed by atoms with Crippen molar-refractivity contribution in [3.8, 4) is 0 Å². The van der Waals surface area contributed by atoms with Crippen LogP contribution in [0.3, 0.4) is 0 Å². The number of hydrogen-bond acceptors (Lipinski definition) is 2. The van der Waals surface area contributed by atoms with Gasteiger partial charge < -0.3 is 10.4 Å². The molecule has 0 radical (unpaired) electrons. The minimum Gasteiger partial charge on any atom is -0.387 e. The fraction of sp³-hybridized carbons (Fsp3) is 0.308. The lowest BCUT2D eigenvalue weighted by Gasteiger charge is -2.13. The van der Waals surface area contributed by atoms with Crippen LogP contribution in [0.5, 0.6) is 0 Å². The summed E-state index contributed by atoms with van der Waals surface area (Å²) in [6.07, 6.45) is 0.925. The molecule has 0 heterocycles. The summed E-state index contributed by atoms with van der Waals surface area (Å²) < 4.78 is 0. The Morgan fingerprint density at radius 2 is 2.18 bits per heavy atom. The van der Waals surface area contributed by atoms with E-state index >= 15 is 0 Å². The third-order valence-electron chi connectivity index (χ3n) is 2.51. The second-order valence-electron chi connectivity index (χ2n) is 3.72. The van der Waals surface area contributed by atoms with Gasteiger partial charge >= 0.3 is 0 Å². The zero-order valence-electron chi connectivity index (χ0n) is 9.90. The van der Waals surface area contributed by atoms with Gasteiger partial charge in [-0.1, -0.05) is 35.9 Å². The summed E-state index contributed by atoms with van der Waals surface area (Å²) in [5, 5.41) is 13.0. The molecule has 1 aromatic carbocycles. The van der Waals surface area contributed by atoms with Gasteiger partial charge in [0, 0.05) is 22.7 Å². The molecule has 92 valence electrons. The zero-order valence-corrected chi connectivity index (χ0v) is 10.7. The van der Waals surface area contributed by atoms with Gasteiger partial charge in [0.05, 0.1) is 6.10 Å². The smallest absolute Gasteiger partial charge is 0.246 e. The topological polar surface area (TPSA) is 49.3 Å². The number of halogens is 1. The molecule has 0 saturated carbocycles. The van der Waals surface area contributed by atoms with Crippen molar-refractivity contribution < 1.29 is 9.90 Å². The Labute approximate surface area is 106 Å². The fourth-order valence-electron chi connectivity index (χ4n) is 1.32. The van der Waals surface area contributed by atoms with Crippen LogP contribution in [0, 0.1) is 0 Å². The number of rotatable bonds is 4. The summed E-state index contributed by atoms with van der Waals surface area (Å²) in [4.78, 5) is 11.5. The van der Waals surface area contributed by atoms with E-state index < -0.39 is 6.10 Å². The van der Waals surface area contributed by atoms with E-state index in [0.29, 0.717) is 16.2 Å². The number of amides is 1. The van der Waals surface area contributed by atoms with Crippen LogP contribution in [-0.2, 0) is 4.79 Å². The van der Waals surface area contributed by atoms with Gasteiger partial charge in [0.25, 0.3) is 0 Å². The molecule has 1 atom stereocenters. The Kier molecular flexibility index (Phi) is 5.19. The summed E-state index contributed by atoms with van der Waals surface area (Å²) in [6, 6.07) is 7.03. The summed E-state index contributed by atoms with van der Waals surface area (Å²) in [6.45, 7) is 3.66. The molecule has 0 aliphatic heterocycles. The first-order valence-corrected chi connectivity index (χ1v) is 5.77. The maximum Gasteiger partial charge on any atom is 0.246 e. The van der Waals surface area contributed by atoms with Gasteiger partial charge in [-0.05, 0) is 19.9 Å². The van der Waals surface area contributed by atoms with Gasteiger partial charge in [0.1, 0.15) is 0 Å². The van der Waals surface area contributed by atoms with Gasteiger partial charge in [-0.3, -0.25) is 4.79 Å². The van der Waals surface area contributed by atoms with E-state index in [1.54, 1.807) is 44.2 Å². The standard InChI is InChI=1S/C13H16ClNO2/c1-3-9(2)13(17)15-8-12(16)10-6-4-5-7-11(10)14/h3-7,12,16H,8H2,1-2H3,(H,15,17)/b9-3-. The van der Waals surface area contributed by atoms with E-state index in [0.717, 1.165) is 0 Å². The summed E-state index contributed by atoms with van der Waals surface area (Å²) >= 11 is 5.94. The van der Waals surface area contributed by atoms with Crippen LogP contribution < -0.4 is 5.32 Å². The highest BCUT2D eigenvalue weighted by atomic mass is 35.5. The van der Waals surface area contributed by atoms with Gasteiger partial charge in [0.15, 0.2) is 0 Å². The molecule has 1 amide bonds. The molecule has 1 rings (SSSR count). The van der Waals surface area contributed by atoms with Crippen molar-refractivity contribution in [2.24, 2.45) is 0 Å². The first kappa shape index (κ1) is 13.7. The van der Waals surface area contributed by atoms with E-state index in [-0.39, 0.29) is 12.5 Å². The maximum atomic E-state index is 11.5. The molecule has 4 heteroatoms. The highest BCUT2D eigenvalue weighted by Gasteiger charge is 2.12. The van der Waals surface area contributed by atoms with E-state index in [9.17, 15) is 9.90 Å². The molecule has 0 bridgehead atoms. The highest BCUT2D eigenvalue weighted by Crippen LogP contribution is 2.21. The fourth-order valence-corrected chi connectivity index (χ4v) is 1.58. The van der Waals surface area contributed by atoms with E-state index in [4.69, 9.17) is 11.6 Å². The average molecular weight is 254 g/mol. The average Bonchev–Trinajstić information content (AvgIpc) is 2.35. The molecule has 0 aromatic heterocycles. The van der Waals surface area contributed by atoms with Crippen LogP contribution >= 0.6 is 11.6 Å². The molecular weight excluding hydrogens is 238 g/mol. The first-order valence-electron chi connectivity index (χ1n) is 5.40. The molecule has 1 unspecified atom stereocenters. The van der Waals surface area contributed by atoms with Gasteiger partial charge in [-0.15, -0.1) is 0 Å². The maximum absolute atomic E-state index is 11.5. The Hall–Kier alpha value is -1.32. The lowest BCUT2D eigenvalue weighted by molar-refractivity contribution is -0.117. The second kappa shape index (κ2) is 6.42. The van der Waals surface area contributed by atoms with E-state index in [2.05, 4.69) is 5.32 Å². The minimum absolute atomic E-state index is 0.147. The molecule has 1 aromatic rings. The SMILES string of the molecule is C/C=C(/C)C(=O)NCC(O)c1ccccc1Cl. The molecule has 3 nitrogen and oxygen atoms in total. The van der Waals surface area contributed by atoms with E-state index in [1.807, 2.05) is 0 Å².